The Morgan fingerprint density at radius 2 is 2.00 bits per heavy atom. The summed E-state index contributed by atoms with van der Waals surface area (Å²) in [6.07, 6.45) is -0.584. The zero-order chi connectivity index (χ0) is 14.8. The number of rotatable bonds is 4. The minimum atomic E-state index is -1.95. The van der Waals surface area contributed by atoms with Crippen LogP contribution < -0.4 is 5.32 Å². The molecule has 1 aromatic rings. The molecule has 0 fully saturated rings. The molecule has 104 valence electrons. The average molecular weight is 336 g/mol. The Bertz CT molecular complexity index is 536. The summed E-state index contributed by atoms with van der Waals surface area (Å²) >= 11 is 2.89. The van der Waals surface area contributed by atoms with E-state index in [0.717, 1.165) is 13.0 Å². The molecular weight excluding hydrogens is 324 g/mol. The summed E-state index contributed by atoms with van der Waals surface area (Å²) in [6.45, 7) is 1.12. The third-order valence-corrected chi connectivity index (χ3v) is 3.48. The van der Waals surface area contributed by atoms with Crippen LogP contribution in [0.3, 0.4) is 0 Å². The summed E-state index contributed by atoms with van der Waals surface area (Å²) in [5.74, 6) is -4.07. The SMILES string of the molecule is CNC(=O)C(C)(Cc1c(F)ccc(Br)c1F)C(=O)O. The van der Waals surface area contributed by atoms with Crippen LogP contribution in [0.2, 0.25) is 0 Å². The monoisotopic (exact) mass is 335 g/mol. The molecule has 19 heavy (non-hydrogen) atoms. The fraction of sp³-hybridized carbons (Fsp3) is 0.333. The molecule has 4 nitrogen and oxygen atoms in total. The Morgan fingerprint density at radius 3 is 2.47 bits per heavy atom. The van der Waals surface area contributed by atoms with Crippen molar-refractivity contribution in [3.8, 4) is 0 Å². The predicted molar refractivity (Wildman–Crippen MR) is 67.6 cm³/mol. The van der Waals surface area contributed by atoms with Gasteiger partial charge in [-0.2, -0.15) is 0 Å². The molecule has 7 heteroatoms. The number of amides is 1. The lowest BCUT2D eigenvalue weighted by molar-refractivity contribution is -0.154. The van der Waals surface area contributed by atoms with Crippen molar-refractivity contribution in [2.24, 2.45) is 5.41 Å². The van der Waals surface area contributed by atoms with E-state index in [1.54, 1.807) is 0 Å². The third kappa shape index (κ3) is 2.91. The van der Waals surface area contributed by atoms with E-state index in [4.69, 9.17) is 5.11 Å². The first kappa shape index (κ1) is 15.6. The molecule has 0 saturated carbocycles. The first-order valence-electron chi connectivity index (χ1n) is 5.32. The van der Waals surface area contributed by atoms with Crippen LogP contribution in [0, 0.1) is 17.0 Å². The fourth-order valence-electron chi connectivity index (χ4n) is 1.61. The highest BCUT2D eigenvalue weighted by Gasteiger charge is 2.42. The number of carboxylic acid groups (broad SMARTS) is 1. The van der Waals surface area contributed by atoms with E-state index in [2.05, 4.69) is 21.2 Å². The lowest BCUT2D eigenvalue weighted by Crippen LogP contribution is -2.45. The molecule has 0 radical (unpaired) electrons. The Balaban J connectivity index is 3.29. The summed E-state index contributed by atoms with van der Waals surface area (Å²) in [4.78, 5) is 22.9. The highest BCUT2D eigenvalue weighted by atomic mass is 79.9. The van der Waals surface area contributed by atoms with Crippen molar-refractivity contribution in [1.82, 2.24) is 5.32 Å². The minimum Gasteiger partial charge on any atom is -0.480 e. The number of hydrogen-bond acceptors (Lipinski definition) is 2. The first-order chi connectivity index (χ1) is 8.74. The maximum atomic E-state index is 13.8. The topological polar surface area (TPSA) is 66.4 Å². The zero-order valence-corrected chi connectivity index (χ0v) is 11.8. The molecule has 1 amide bonds. The van der Waals surface area contributed by atoms with Crippen LogP contribution >= 0.6 is 15.9 Å². The molecule has 1 aromatic carbocycles. The Kier molecular flexibility index (Phi) is 4.62. The van der Waals surface area contributed by atoms with Gasteiger partial charge in [-0.15, -0.1) is 0 Å². The molecule has 1 rings (SSSR count). The quantitative estimate of drug-likeness (QED) is 0.654. The smallest absolute Gasteiger partial charge is 0.319 e. The second-order valence-electron chi connectivity index (χ2n) is 4.21. The van der Waals surface area contributed by atoms with Gasteiger partial charge in [0.2, 0.25) is 5.91 Å². The van der Waals surface area contributed by atoms with Crippen molar-refractivity contribution in [1.29, 1.82) is 0 Å². The number of hydrogen-bond donors (Lipinski definition) is 2. The van der Waals surface area contributed by atoms with Gasteiger partial charge in [0.15, 0.2) is 0 Å². The Hall–Kier alpha value is -1.50. The number of carbonyl (C=O) groups excluding carboxylic acids is 1. The highest BCUT2D eigenvalue weighted by Crippen LogP contribution is 2.29. The van der Waals surface area contributed by atoms with E-state index in [0.29, 0.717) is 0 Å². The summed E-state index contributed by atoms with van der Waals surface area (Å²) in [6, 6.07) is 2.18. The third-order valence-electron chi connectivity index (χ3n) is 2.87. The lowest BCUT2D eigenvalue weighted by Gasteiger charge is -2.23. The highest BCUT2D eigenvalue weighted by molar-refractivity contribution is 9.10. The van der Waals surface area contributed by atoms with Crippen LogP contribution in [0.5, 0.6) is 0 Å². The van der Waals surface area contributed by atoms with Crippen molar-refractivity contribution in [3.63, 3.8) is 0 Å². The molecule has 0 saturated heterocycles. The van der Waals surface area contributed by atoms with Crippen LogP contribution in [-0.4, -0.2) is 24.0 Å². The van der Waals surface area contributed by atoms with Crippen molar-refractivity contribution < 1.29 is 23.5 Å². The molecule has 0 aromatic heterocycles. The van der Waals surface area contributed by atoms with Gasteiger partial charge in [0, 0.05) is 19.0 Å². The average Bonchev–Trinajstić information content (AvgIpc) is 2.37. The largest absolute Gasteiger partial charge is 0.480 e. The van der Waals surface area contributed by atoms with Gasteiger partial charge < -0.3 is 10.4 Å². The molecule has 0 bridgehead atoms. The lowest BCUT2D eigenvalue weighted by atomic mass is 9.82. The van der Waals surface area contributed by atoms with Crippen LogP contribution in [-0.2, 0) is 16.0 Å². The van der Waals surface area contributed by atoms with E-state index >= 15 is 0 Å². The fourth-order valence-corrected chi connectivity index (χ4v) is 1.99. The summed E-state index contributed by atoms with van der Waals surface area (Å²) in [7, 11) is 1.26. The number of nitrogens with one attached hydrogen (secondary N) is 1. The maximum absolute atomic E-state index is 13.8. The van der Waals surface area contributed by atoms with E-state index in [1.165, 1.54) is 13.1 Å². The maximum Gasteiger partial charge on any atom is 0.319 e. The van der Waals surface area contributed by atoms with E-state index in [-0.39, 0.29) is 4.47 Å². The number of aliphatic carboxylic acids is 1. The summed E-state index contributed by atoms with van der Waals surface area (Å²) < 4.78 is 27.4. The zero-order valence-electron chi connectivity index (χ0n) is 10.3. The first-order valence-corrected chi connectivity index (χ1v) is 6.11. The summed E-state index contributed by atoms with van der Waals surface area (Å²) in [5.41, 5.74) is -2.39. The molecule has 1 atom stereocenters. The van der Waals surface area contributed by atoms with Gasteiger partial charge in [0.05, 0.1) is 4.47 Å². The van der Waals surface area contributed by atoms with Crippen molar-refractivity contribution >= 4 is 27.8 Å². The minimum absolute atomic E-state index is 0.00791. The normalized spacial score (nSPS) is 13.7. The number of benzene rings is 1. The van der Waals surface area contributed by atoms with Gasteiger partial charge in [-0.1, -0.05) is 0 Å². The molecule has 0 aliphatic rings. The van der Waals surface area contributed by atoms with Gasteiger partial charge in [-0.05, 0) is 35.0 Å². The van der Waals surface area contributed by atoms with Crippen LogP contribution in [0.1, 0.15) is 12.5 Å². The van der Waals surface area contributed by atoms with Gasteiger partial charge in [-0.3, -0.25) is 9.59 Å². The van der Waals surface area contributed by atoms with E-state index in [9.17, 15) is 18.4 Å². The molecular formula is C12H12BrF2NO3. The number of halogens is 3. The van der Waals surface area contributed by atoms with Crippen LogP contribution in [0.15, 0.2) is 16.6 Å². The van der Waals surface area contributed by atoms with Gasteiger partial charge in [0.25, 0.3) is 0 Å². The van der Waals surface area contributed by atoms with Crippen molar-refractivity contribution in [3.05, 3.63) is 33.8 Å². The summed E-state index contributed by atoms with van der Waals surface area (Å²) in [5, 5.41) is 11.3. The van der Waals surface area contributed by atoms with Crippen LogP contribution in [0.4, 0.5) is 8.78 Å². The standard InChI is InChI=1S/C12H12BrF2NO3/c1-12(11(18)19,10(17)16-2)5-6-8(14)4-3-7(13)9(6)15/h3-4H,5H2,1-2H3,(H,16,17)(H,18,19). The van der Waals surface area contributed by atoms with Crippen molar-refractivity contribution in [2.45, 2.75) is 13.3 Å². The van der Waals surface area contributed by atoms with E-state index < -0.39 is 40.9 Å². The van der Waals surface area contributed by atoms with E-state index in [1.807, 2.05) is 0 Å². The second-order valence-corrected chi connectivity index (χ2v) is 5.07. The van der Waals surface area contributed by atoms with Gasteiger partial charge >= 0.3 is 5.97 Å². The van der Waals surface area contributed by atoms with Gasteiger partial charge in [-0.25, -0.2) is 8.78 Å². The van der Waals surface area contributed by atoms with Crippen LogP contribution in [0.25, 0.3) is 0 Å². The Morgan fingerprint density at radius 1 is 1.42 bits per heavy atom. The molecule has 0 aliphatic carbocycles. The molecule has 0 heterocycles. The predicted octanol–water partition coefficient (Wildman–Crippen LogP) is 2.11. The van der Waals surface area contributed by atoms with Crippen molar-refractivity contribution in [2.75, 3.05) is 7.05 Å². The second kappa shape index (κ2) is 5.64. The molecule has 1 unspecified atom stereocenters. The molecule has 0 spiro atoms. The Labute approximate surface area is 116 Å². The van der Waals surface area contributed by atoms with Gasteiger partial charge in [0.1, 0.15) is 17.0 Å². The molecule has 0 aliphatic heterocycles. The number of carboxylic acids is 1. The molecule has 2 N–H and O–H groups in total. The number of carbonyl (C=O) groups is 2.